The van der Waals surface area contributed by atoms with E-state index < -0.39 is 5.60 Å². The van der Waals surface area contributed by atoms with Gasteiger partial charge in [0.1, 0.15) is 5.60 Å². The van der Waals surface area contributed by atoms with Crippen molar-refractivity contribution in [3.05, 3.63) is 0 Å². The molecule has 0 aromatic heterocycles. The van der Waals surface area contributed by atoms with Crippen LogP contribution in [0.2, 0.25) is 0 Å². The molecule has 0 saturated carbocycles. The largest absolute Gasteiger partial charge is 0.362 e. The molecule has 2 nitrogen and oxygen atoms in total. The van der Waals surface area contributed by atoms with Crippen LogP contribution in [0.25, 0.3) is 0 Å². The summed E-state index contributed by atoms with van der Waals surface area (Å²) in [7, 11) is 0. The fraction of sp³-hybridized carbons (Fsp3) is 0.778. The summed E-state index contributed by atoms with van der Waals surface area (Å²) in [4.78, 5) is 0. The summed E-state index contributed by atoms with van der Waals surface area (Å²) in [6.07, 6.45) is 5.23. The van der Waals surface area contributed by atoms with Crippen molar-refractivity contribution in [3.8, 4) is 12.3 Å². The van der Waals surface area contributed by atoms with Gasteiger partial charge in [0.15, 0.2) is 0 Å². The predicted octanol–water partition coefficient (Wildman–Crippen LogP) is 1.02. The summed E-state index contributed by atoms with van der Waals surface area (Å²) in [6.45, 7) is 8.34. The Hall–Kier alpha value is -0.520. The minimum atomic E-state index is -0.421. The number of rotatable bonds is 5. The molecule has 11 heavy (non-hydrogen) atoms. The molecule has 0 aliphatic carbocycles. The third-order valence-electron chi connectivity index (χ3n) is 1.34. The van der Waals surface area contributed by atoms with Crippen molar-refractivity contribution >= 4 is 0 Å². The van der Waals surface area contributed by atoms with E-state index in [1.807, 2.05) is 13.8 Å². The Morgan fingerprint density at radius 1 is 1.55 bits per heavy atom. The van der Waals surface area contributed by atoms with Gasteiger partial charge in [0, 0.05) is 6.54 Å². The Kier molecular flexibility index (Phi) is 4.93. The van der Waals surface area contributed by atoms with Gasteiger partial charge in [-0.15, -0.1) is 6.42 Å². The minimum absolute atomic E-state index is 0.421. The molecule has 0 unspecified atom stereocenters. The summed E-state index contributed by atoms with van der Waals surface area (Å²) in [5.74, 6) is 2.57. The number of terminal acetylenes is 1. The third kappa shape index (κ3) is 5.90. The lowest BCUT2D eigenvalue weighted by Gasteiger charge is -2.18. The van der Waals surface area contributed by atoms with E-state index in [-0.39, 0.29) is 0 Å². The maximum Gasteiger partial charge on any atom is 0.122 e. The van der Waals surface area contributed by atoms with E-state index in [9.17, 15) is 0 Å². The van der Waals surface area contributed by atoms with Crippen LogP contribution in [0.4, 0.5) is 0 Å². The summed E-state index contributed by atoms with van der Waals surface area (Å²) in [6, 6.07) is 0. The van der Waals surface area contributed by atoms with Gasteiger partial charge in [-0.25, -0.2) is 0 Å². The number of hydrogen-bond donors (Lipinski definition) is 1. The fourth-order valence-electron chi connectivity index (χ4n) is 0.597. The first kappa shape index (κ1) is 10.5. The highest BCUT2D eigenvalue weighted by Crippen LogP contribution is 2.05. The lowest BCUT2D eigenvalue weighted by atomic mass is 10.1. The van der Waals surface area contributed by atoms with E-state index in [1.54, 1.807) is 0 Å². The zero-order valence-corrected chi connectivity index (χ0v) is 7.61. The summed E-state index contributed by atoms with van der Waals surface area (Å²) < 4.78 is 5.38. The molecular weight excluding hydrogens is 138 g/mol. The van der Waals surface area contributed by atoms with Gasteiger partial charge in [0.05, 0.1) is 6.61 Å². The van der Waals surface area contributed by atoms with Crippen LogP contribution in [0.15, 0.2) is 0 Å². The topological polar surface area (TPSA) is 21.3 Å². The summed E-state index contributed by atoms with van der Waals surface area (Å²) in [5.41, 5.74) is -0.421. The fourth-order valence-corrected chi connectivity index (χ4v) is 0.597. The smallest absolute Gasteiger partial charge is 0.122 e. The predicted molar refractivity (Wildman–Crippen MR) is 47.4 cm³/mol. The maximum atomic E-state index is 5.38. The van der Waals surface area contributed by atoms with Crippen LogP contribution in [0.5, 0.6) is 0 Å². The molecule has 0 spiro atoms. The second kappa shape index (κ2) is 5.17. The average molecular weight is 155 g/mol. The van der Waals surface area contributed by atoms with Gasteiger partial charge in [-0.1, -0.05) is 12.8 Å². The van der Waals surface area contributed by atoms with E-state index in [2.05, 4.69) is 18.2 Å². The quantitative estimate of drug-likeness (QED) is 0.473. The normalized spacial score (nSPS) is 11.1. The van der Waals surface area contributed by atoms with Crippen LogP contribution < -0.4 is 5.32 Å². The van der Waals surface area contributed by atoms with Gasteiger partial charge < -0.3 is 10.1 Å². The molecule has 0 amide bonds. The van der Waals surface area contributed by atoms with Crippen LogP contribution in [0.1, 0.15) is 20.8 Å². The molecule has 0 aromatic rings. The molecule has 0 aliphatic heterocycles. The lowest BCUT2D eigenvalue weighted by Crippen LogP contribution is -2.27. The number of likely N-dealkylation sites (N-methyl/N-ethyl adjacent to an activating group) is 1. The van der Waals surface area contributed by atoms with Crippen LogP contribution in [-0.2, 0) is 4.74 Å². The van der Waals surface area contributed by atoms with Gasteiger partial charge in [-0.2, -0.15) is 0 Å². The Morgan fingerprint density at radius 3 is 2.64 bits per heavy atom. The zero-order chi connectivity index (χ0) is 8.74. The van der Waals surface area contributed by atoms with Crippen molar-refractivity contribution in [1.29, 1.82) is 0 Å². The highest BCUT2D eigenvalue weighted by atomic mass is 16.5. The van der Waals surface area contributed by atoms with Crippen molar-refractivity contribution in [2.75, 3.05) is 19.7 Å². The second-order valence-electron chi connectivity index (χ2n) is 2.86. The van der Waals surface area contributed by atoms with E-state index in [0.717, 1.165) is 13.1 Å². The van der Waals surface area contributed by atoms with Crippen molar-refractivity contribution in [2.45, 2.75) is 26.4 Å². The van der Waals surface area contributed by atoms with Gasteiger partial charge in [-0.3, -0.25) is 0 Å². The molecular formula is C9H17NO. The molecule has 64 valence electrons. The highest BCUT2D eigenvalue weighted by molar-refractivity contribution is 5.02. The van der Waals surface area contributed by atoms with Crippen molar-refractivity contribution in [1.82, 2.24) is 5.32 Å². The number of ether oxygens (including phenoxy) is 1. The van der Waals surface area contributed by atoms with Crippen molar-refractivity contribution < 1.29 is 4.74 Å². The molecule has 0 radical (unpaired) electrons. The van der Waals surface area contributed by atoms with Gasteiger partial charge in [0.2, 0.25) is 0 Å². The number of nitrogens with one attached hydrogen (secondary N) is 1. The maximum absolute atomic E-state index is 5.38. The number of hydrogen-bond acceptors (Lipinski definition) is 2. The highest BCUT2D eigenvalue weighted by Gasteiger charge is 2.12. The van der Waals surface area contributed by atoms with Crippen LogP contribution in [0.3, 0.4) is 0 Å². The van der Waals surface area contributed by atoms with E-state index >= 15 is 0 Å². The molecule has 0 bridgehead atoms. The first-order valence-electron chi connectivity index (χ1n) is 3.95. The summed E-state index contributed by atoms with van der Waals surface area (Å²) >= 11 is 0. The van der Waals surface area contributed by atoms with Crippen molar-refractivity contribution in [2.24, 2.45) is 0 Å². The Bertz CT molecular complexity index is 135. The minimum Gasteiger partial charge on any atom is -0.362 e. The molecule has 0 saturated heterocycles. The van der Waals surface area contributed by atoms with E-state index in [4.69, 9.17) is 11.2 Å². The molecule has 0 rings (SSSR count). The first-order chi connectivity index (χ1) is 5.12. The van der Waals surface area contributed by atoms with E-state index in [0.29, 0.717) is 6.61 Å². The van der Waals surface area contributed by atoms with Crippen LogP contribution in [0, 0.1) is 12.3 Å². The molecule has 0 aromatic carbocycles. The molecule has 2 heteroatoms. The summed E-state index contributed by atoms with van der Waals surface area (Å²) in [5, 5.41) is 3.15. The Morgan fingerprint density at radius 2 is 2.18 bits per heavy atom. The Labute approximate surface area is 69.3 Å². The van der Waals surface area contributed by atoms with Gasteiger partial charge >= 0.3 is 0 Å². The second-order valence-corrected chi connectivity index (χ2v) is 2.86. The Balaban J connectivity index is 3.32. The molecule has 0 heterocycles. The average Bonchev–Trinajstić information content (AvgIpc) is 1.99. The third-order valence-corrected chi connectivity index (χ3v) is 1.34. The lowest BCUT2D eigenvalue weighted by molar-refractivity contribution is 0.0294. The van der Waals surface area contributed by atoms with Crippen molar-refractivity contribution in [3.63, 3.8) is 0 Å². The monoisotopic (exact) mass is 155 g/mol. The molecule has 0 fully saturated rings. The molecule has 0 aliphatic rings. The SMILES string of the molecule is C#CC(C)(C)OCCNCC. The van der Waals surface area contributed by atoms with E-state index in [1.165, 1.54) is 0 Å². The van der Waals surface area contributed by atoms with Gasteiger partial charge in [0.25, 0.3) is 0 Å². The molecule has 1 N–H and O–H groups in total. The first-order valence-corrected chi connectivity index (χ1v) is 3.95. The standard InChI is InChI=1S/C9H17NO/c1-5-9(3,4)11-8-7-10-6-2/h1,10H,6-8H2,2-4H3. The molecule has 0 atom stereocenters. The van der Waals surface area contributed by atoms with Crippen LogP contribution in [-0.4, -0.2) is 25.3 Å². The van der Waals surface area contributed by atoms with Gasteiger partial charge in [-0.05, 0) is 20.4 Å². The van der Waals surface area contributed by atoms with Crippen LogP contribution >= 0.6 is 0 Å². The zero-order valence-electron chi connectivity index (χ0n) is 7.61.